The van der Waals surface area contributed by atoms with Gasteiger partial charge in [0.2, 0.25) is 5.91 Å². The highest BCUT2D eigenvalue weighted by Gasteiger charge is 2.15. The van der Waals surface area contributed by atoms with E-state index >= 15 is 0 Å². The molecule has 1 fully saturated rings. The fourth-order valence-electron chi connectivity index (χ4n) is 3.06. The third kappa shape index (κ3) is 4.78. The summed E-state index contributed by atoms with van der Waals surface area (Å²) in [5.74, 6) is 2.26. The number of aromatic nitrogens is 4. The van der Waals surface area contributed by atoms with Crippen LogP contribution >= 0.6 is 0 Å². The molecule has 3 rings (SSSR count). The topological polar surface area (TPSA) is 84.7 Å². The van der Waals surface area contributed by atoms with Crippen molar-refractivity contribution >= 4 is 11.7 Å². The van der Waals surface area contributed by atoms with Crippen LogP contribution in [0.25, 0.3) is 5.82 Å². The molecule has 0 atom stereocenters. The Morgan fingerprint density at radius 1 is 1.21 bits per heavy atom. The second-order valence-corrected chi connectivity index (χ2v) is 6.19. The van der Waals surface area contributed by atoms with Crippen LogP contribution in [0.3, 0.4) is 0 Å². The maximum absolute atomic E-state index is 11.8. The smallest absolute Gasteiger partial charge is 0.220 e. The van der Waals surface area contributed by atoms with Crippen LogP contribution in [0.15, 0.2) is 30.6 Å². The van der Waals surface area contributed by atoms with Crippen LogP contribution in [-0.4, -0.2) is 39.0 Å². The van der Waals surface area contributed by atoms with Crippen molar-refractivity contribution in [2.75, 3.05) is 18.4 Å². The monoisotopic (exact) mass is 328 g/mol. The van der Waals surface area contributed by atoms with Gasteiger partial charge in [0.05, 0.1) is 0 Å². The first-order chi connectivity index (χ1) is 11.8. The number of rotatable bonds is 8. The molecule has 1 aliphatic carbocycles. The van der Waals surface area contributed by atoms with Crippen LogP contribution in [0, 0.1) is 5.92 Å². The average Bonchev–Trinajstić information content (AvgIpc) is 3.31. The van der Waals surface area contributed by atoms with Crippen molar-refractivity contribution in [3.63, 3.8) is 0 Å². The molecule has 0 saturated heterocycles. The average molecular weight is 328 g/mol. The van der Waals surface area contributed by atoms with E-state index in [0.29, 0.717) is 31.1 Å². The van der Waals surface area contributed by atoms with Crippen molar-refractivity contribution in [2.24, 2.45) is 5.92 Å². The molecule has 0 unspecified atom stereocenters. The Morgan fingerprint density at radius 2 is 2.08 bits per heavy atom. The van der Waals surface area contributed by atoms with Crippen molar-refractivity contribution in [3.05, 3.63) is 30.6 Å². The quantitative estimate of drug-likeness (QED) is 0.725. The Bertz CT molecular complexity index is 619. The Hall–Kier alpha value is -2.44. The highest BCUT2D eigenvalue weighted by atomic mass is 16.1. The van der Waals surface area contributed by atoms with Crippen LogP contribution in [0.1, 0.15) is 38.5 Å². The van der Waals surface area contributed by atoms with E-state index in [0.717, 1.165) is 12.3 Å². The molecular weight excluding hydrogens is 304 g/mol. The molecular formula is C17H24N6O. The summed E-state index contributed by atoms with van der Waals surface area (Å²) >= 11 is 0. The Kier molecular flexibility index (Phi) is 5.76. The number of hydrogen-bond acceptors (Lipinski definition) is 5. The Labute approximate surface area is 141 Å². The van der Waals surface area contributed by atoms with E-state index in [1.54, 1.807) is 10.9 Å². The third-order valence-electron chi connectivity index (χ3n) is 4.40. The van der Waals surface area contributed by atoms with Gasteiger partial charge in [-0.2, -0.15) is 5.10 Å². The molecule has 1 aliphatic rings. The molecule has 0 aliphatic heterocycles. The van der Waals surface area contributed by atoms with Crippen molar-refractivity contribution in [2.45, 2.75) is 38.5 Å². The first-order valence-electron chi connectivity index (χ1n) is 8.65. The zero-order valence-electron chi connectivity index (χ0n) is 13.8. The lowest BCUT2D eigenvalue weighted by atomic mass is 10.0. The van der Waals surface area contributed by atoms with Gasteiger partial charge in [-0.1, -0.05) is 25.7 Å². The molecule has 128 valence electrons. The molecule has 2 N–H and O–H groups in total. The minimum atomic E-state index is 0.142. The van der Waals surface area contributed by atoms with Crippen molar-refractivity contribution in [1.29, 1.82) is 0 Å². The third-order valence-corrected chi connectivity index (χ3v) is 4.40. The van der Waals surface area contributed by atoms with Crippen LogP contribution in [0.5, 0.6) is 0 Å². The van der Waals surface area contributed by atoms with Crippen LogP contribution in [-0.2, 0) is 4.79 Å². The number of carbonyl (C=O) groups is 1. The fraction of sp³-hybridized carbons (Fsp3) is 0.529. The lowest BCUT2D eigenvalue weighted by Gasteiger charge is -2.10. The zero-order chi connectivity index (χ0) is 16.6. The number of anilines is 1. The molecule has 7 nitrogen and oxygen atoms in total. The second-order valence-electron chi connectivity index (χ2n) is 6.19. The summed E-state index contributed by atoms with van der Waals surface area (Å²) in [5, 5.41) is 18.4. The summed E-state index contributed by atoms with van der Waals surface area (Å²) in [6, 6.07) is 5.54. The number of nitrogens with zero attached hydrogens (tertiary/aromatic N) is 4. The van der Waals surface area contributed by atoms with Gasteiger partial charge in [-0.15, -0.1) is 10.2 Å². The molecule has 2 aromatic heterocycles. The Morgan fingerprint density at radius 3 is 2.79 bits per heavy atom. The molecule has 7 heteroatoms. The molecule has 2 aromatic rings. The summed E-state index contributed by atoms with van der Waals surface area (Å²) in [6.07, 6.45) is 10.4. The van der Waals surface area contributed by atoms with Crippen molar-refractivity contribution in [1.82, 2.24) is 25.3 Å². The standard InChI is InChI=1S/C17H24N6O/c24-17(9-6-14-4-1-2-5-14)19-12-11-18-15-7-8-16(22-21-15)23-13-3-10-20-23/h3,7-8,10,13-14H,1-2,4-6,9,11-12H2,(H,18,21)(H,19,24). The predicted molar refractivity (Wildman–Crippen MR) is 91.8 cm³/mol. The maximum atomic E-state index is 11.8. The van der Waals surface area contributed by atoms with Gasteiger partial charge >= 0.3 is 0 Å². The van der Waals surface area contributed by atoms with Crippen molar-refractivity contribution in [3.8, 4) is 5.82 Å². The highest BCUT2D eigenvalue weighted by Crippen LogP contribution is 2.28. The molecule has 2 heterocycles. The Balaban J connectivity index is 1.32. The summed E-state index contributed by atoms with van der Waals surface area (Å²) in [6.45, 7) is 1.22. The number of hydrogen-bond donors (Lipinski definition) is 2. The van der Waals surface area contributed by atoms with Gasteiger partial charge < -0.3 is 10.6 Å². The summed E-state index contributed by atoms with van der Waals surface area (Å²) in [7, 11) is 0. The van der Waals surface area contributed by atoms with Gasteiger partial charge in [-0.05, 0) is 30.5 Å². The molecule has 0 bridgehead atoms. The zero-order valence-corrected chi connectivity index (χ0v) is 13.8. The first kappa shape index (κ1) is 16.4. The largest absolute Gasteiger partial charge is 0.367 e. The lowest BCUT2D eigenvalue weighted by Crippen LogP contribution is -2.29. The maximum Gasteiger partial charge on any atom is 0.220 e. The van der Waals surface area contributed by atoms with Crippen LogP contribution < -0.4 is 10.6 Å². The summed E-state index contributed by atoms with van der Waals surface area (Å²) < 4.78 is 1.65. The minimum Gasteiger partial charge on any atom is -0.367 e. The lowest BCUT2D eigenvalue weighted by molar-refractivity contribution is -0.121. The molecule has 1 amide bonds. The molecule has 24 heavy (non-hydrogen) atoms. The highest BCUT2D eigenvalue weighted by molar-refractivity contribution is 5.75. The van der Waals surface area contributed by atoms with Gasteiger partial charge in [-0.25, -0.2) is 4.68 Å². The van der Waals surface area contributed by atoms with Crippen LogP contribution in [0.2, 0.25) is 0 Å². The van der Waals surface area contributed by atoms with Gasteiger partial charge in [0.15, 0.2) is 5.82 Å². The number of carbonyl (C=O) groups excluding carboxylic acids is 1. The molecule has 0 radical (unpaired) electrons. The van der Waals surface area contributed by atoms with Gasteiger partial charge in [0, 0.05) is 31.9 Å². The van der Waals surface area contributed by atoms with E-state index in [4.69, 9.17) is 0 Å². The van der Waals surface area contributed by atoms with Crippen molar-refractivity contribution < 1.29 is 4.79 Å². The second kappa shape index (κ2) is 8.42. The number of amides is 1. The van der Waals surface area contributed by atoms with Gasteiger partial charge in [0.1, 0.15) is 5.82 Å². The fourth-order valence-corrected chi connectivity index (χ4v) is 3.06. The van der Waals surface area contributed by atoms with E-state index in [1.807, 2.05) is 24.4 Å². The summed E-state index contributed by atoms with van der Waals surface area (Å²) in [4.78, 5) is 11.8. The number of nitrogens with one attached hydrogen (secondary N) is 2. The van der Waals surface area contributed by atoms with E-state index in [2.05, 4.69) is 25.9 Å². The predicted octanol–water partition coefficient (Wildman–Crippen LogP) is 2.16. The normalized spacial score (nSPS) is 14.7. The minimum absolute atomic E-state index is 0.142. The molecule has 1 saturated carbocycles. The van der Waals surface area contributed by atoms with Gasteiger partial charge in [-0.3, -0.25) is 4.79 Å². The van der Waals surface area contributed by atoms with Crippen LogP contribution in [0.4, 0.5) is 5.82 Å². The van der Waals surface area contributed by atoms with E-state index in [1.165, 1.54) is 25.7 Å². The van der Waals surface area contributed by atoms with E-state index < -0.39 is 0 Å². The molecule has 0 aromatic carbocycles. The van der Waals surface area contributed by atoms with E-state index in [-0.39, 0.29) is 5.91 Å². The van der Waals surface area contributed by atoms with E-state index in [9.17, 15) is 4.79 Å². The summed E-state index contributed by atoms with van der Waals surface area (Å²) in [5.41, 5.74) is 0. The first-order valence-corrected chi connectivity index (χ1v) is 8.65. The molecule has 0 spiro atoms. The SMILES string of the molecule is O=C(CCC1CCCC1)NCCNc1ccc(-n2cccn2)nn1. The van der Waals surface area contributed by atoms with Gasteiger partial charge in [0.25, 0.3) is 0 Å².